The highest BCUT2D eigenvalue weighted by Gasteiger charge is 2.28. The van der Waals surface area contributed by atoms with Crippen LogP contribution in [0, 0.1) is 0 Å². The third-order valence-electron chi connectivity index (χ3n) is 9.67. The first-order chi connectivity index (χ1) is 25.2. The zero-order valence-electron chi connectivity index (χ0n) is 30.0. The van der Waals surface area contributed by atoms with E-state index >= 15 is 0 Å². The summed E-state index contributed by atoms with van der Waals surface area (Å²) < 4.78 is 21.6. The molecule has 2 N–H and O–H groups in total. The first kappa shape index (κ1) is 34.2. The van der Waals surface area contributed by atoms with Gasteiger partial charge in [0.25, 0.3) is 0 Å². The first-order valence-corrected chi connectivity index (χ1v) is 21.0. The normalized spacial score (nSPS) is 14.9. The van der Waals surface area contributed by atoms with Crippen LogP contribution in [0.5, 0.6) is 5.75 Å². The number of hydrogen-bond acceptors (Lipinski definition) is 12. The van der Waals surface area contributed by atoms with E-state index in [9.17, 15) is 4.57 Å². The van der Waals surface area contributed by atoms with E-state index in [4.69, 9.17) is 14.7 Å². The van der Waals surface area contributed by atoms with Gasteiger partial charge in [-0.05, 0) is 55.9 Å². The van der Waals surface area contributed by atoms with E-state index in [1.54, 1.807) is 38.0 Å². The summed E-state index contributed by atoms with van der Waals surface area (Å²) in [4.78, 5) is 23.8. The number of nitrogens with one attached hydrogen (secondary N) is 2. The lowest BCUT2D eigenvalue weighted by molar-refractivity contribution is 0.416. The Hall–Kier alpha value is -4.94. The molecular formula is C37H41BN10O2PS. The van der Waals surface area contributed by atoms with Crippen LogP contribution >= 0.6 is 18.5 Å². The Balaban J connectivity index is 1.13. The van der Waals surface area contributed by atoms with E-state index in [1.807, 2.05) is 61.9 Å². The van der Waals surface area contributed by atoms with E-state index in [2.05, 4.69) is 59.8 Å². The maximum Gasteiger partial charge on any atom is 0.229 e. The number of hydrogen-bond donors (Lipinski definition) is 2. The van der Waals surface area contributed by atoms with Crippen molar-refractivity contribution in [2.45, 2.75) is 25.6 Å². The van der Waals surface area contributed by atoms with Crippen molar-refractivity contribution in [2.75, 3.05) is 67.1 Å². The van der Waals surface area contributed by atoms with Crippen LogP contribution in [0.1, 0.15) is 24.5 Å². The van der Waals surface area contributed by atoms with Gasteiger partial charge in [-0.25, -0.2) is 9.97 Å². The molecular weight excluding hydrogens is 690 g/mol. The van der Waals surface area contributed by atoms with E-state index < -0.39 is 7.14 Å². The summed E-state index contributed by atoms with van der Waals surface area (Å²) in [6.45, 7) is 8.98. The molecule has 0 bridgehead atoms. The van der Waals surface area contributed by atoms with Crippen LogP contribution in [0.2, 0.25) is 6.82 Å². The lowest BCUT2D eigenvalue weighted by Crippen LogP contribution is -2.46. The SMILES string of the molecule is C[B]c1cnc(Nc2cc(-c3cnn(C)c3)c(N3CCN(c4nccs4)CC3)cc2OC)nc1Nc1ccc2nc(C3CC3)ccc2c1P(C)(C)=O. The van der Waals surface area contributed by atoms with Gasteiger partial charge in [-0.3, -0.25) is 9.67 Å². The van der Waals surface area contributed by atoms with Crippen LogP contribution in [0.25, 0.3) is 22.0 Å². The predicted molar refractivity (Wildman–Crippen MR) is 214 cm³/mol. The predicted octanol–water partition coefficient (Wildman–Crippen LogP) is 6.21. The molecule has 265 valence electrons. The standard InChI is InChI=1S/C37H41BN10O2PS/c1-38-27-21-40-36(45-35(27)43-30-11-10-29-25(34(30)51(4,5)49)8-9-28(42-29)23-6-7-23)44-31-18-26(24-20-41-46(2)22-24)32(19-33(31)50-3)47-13-15-48(16-14-47)37-39-12-17-52-37/h8-12,17-23H,6-7,13-16H2,1-5H3,(H2,40,43,44,45). The smallest absolute Gasteiger partial charge is 0.229 e. The maximum atomic E-state index is 13.8. The number of methoxy groups -OCH3 is 1. The molecule has 1 aliphatic heterocycles. The largest absolute Gasteiger partial charge is 0.494 e. The van der Waals surface area contributed by atoms with Crippen molar-refractivity contribution in [1.82, 2.24) is 29.7 Å². The second kappa shape index (κ2) is 13.9. The van der Waals surface area contributed by atoms with Gasteiger partial charge in [0, 0.05) is 102 Å². The molecule has 5 heterocycles. The highest BCUT2D eigenvalue weighted by molar-refractivity contribution is 7.71. The average Bonchev–Trinajstić information content (AvgIpc) is 3.66. The van der Waals surface area contributed by atoms with Crippen molar-refractivity contribution in [1.29, 1.82) is 0 Å². The number of fused-ring (bicyclic) bond motifs is 1. The lowest BCUT2D eigenvalue weighted by atomic mass is 9.74. The Kier molecular flexibility index (Phi) is 9.13. The monoisotopic (exact) mass is 731 g/mol. The number of nitrogens with zero attached hydrogens (tertiary/aromatic N) is 8. The number of aryl methyl sites for hydroxylation is 1. The summed E-state index contributed by atoms with van der Waals surface area (Å²) in [5.74, 6) is 2.19. The van der Waals surface area contributed by atoms with Gasteiger partial charge in [-0.1, -0.05) is 12.9 Å². The van der Waals surface area contributed by atoms with Crippen LogP contribution in [0.4, 0.5) is 34.0 Å². The van der Waals surface area contributed by atoms with Gasteiger partial charge in [-0.2, -0.15) is 10.1 Å². The molecule has 12 nitrogen and oxygen atoms in total. The Labute approximate surface area is 308 Å². The zero-order valence-corrected chi connectivity index (χ0v) is 31.7. The number of thiazole rings is 1. The van der Waals surface area contributed by atoms with Crippen molar-refractivity contribution < 1.29 is 9.30 Å². The zero-order chi connectivity index (χ0) is 36.0. The molecule has 6 aromatic rings. The average molecular weight is 732 g/mol. The van der Waals surface area contributed by atoms with Gasteiger partial charge in [0.05, 0.1) is 30.2 Å². The van der Waals surface area contributed by atoms with Crippen LogP contribution < -0.4 is 35.9 Å². The molecule has 0 unspecified atom stereocenters. The summed E-state index contributed by atoms with van der Waals surface area (Å²) in [6.07, 6.45) is 9.90. The summed E-state index contributed by atoms with van der Waals surface area (Å²) in [6, 6.07) is 12.3. The summed E-state index contributed by atoms with van der Waals surface area (Å²) >= 11 is 1.67. The molecule has 4 aromatic heterocycles. The molecule has 0 spiro atoms. The fraction of sp³-hybridized carbons (Fsp3) is 0.324. The summed E-state index contributed by atoms with van der Waals surface area (Å²) in [5, 5.41) is 16.2. The number of ether oxygens (including phenoxy) is 1. The van der Waals surface area contributed by atoms with Crippen molar-refractivity contribution in [2.24, 2.45) is 7.05 Å². The topological polar surface area (TPSA) is 126 Å². The molecule has 8 rings (SSSR count). The van der Waals surface area contributed by atoms with E-state index in [0.717, 1.165) is 86.9 Å². The second-order valence-electron chi connectivity index (χ2n) is 13.7. The Morgan fingerprint density at radius 3 is 2.44 bits per heavy atom. The van der Waals surface area contributed by atoms with Gasteiger partial charge in [0.2, 0.25) is 5.95 Å². The van der Waals surface area contributed by atoms with E-state index in [1.165, 1.54) is 12.8 Å². The quantitative estimate of drug-likeness (QED) is 0.117. The summed E-state index contributed by atoms with van der Waals surface area (Å²) in [5.41, 5.74) is 7.34. The third kappa shape index (κ3) is 6.84. The number of anilines is 6. The van der Waals surface area contributed by atoms with Crippen molar-refractivity contribution in [3.05, 3.63) is 72.3 Å². The number of piperazine rings is 1. The minimum Gasteiger partial charge on any atom is -0.494 e. The Morgan fingerprint density at radius 1 is 0.962 bits per heavy atom. The van der Waals surface area contributed by atoms with E-state index in [-0.39, 0.29) is 0 Å². The molecule has 1 radical (unpaired) electrons. The highest BCUT2D eigenvalue weighted by Crippen LogP contribution is 2.44. The third-order valence-corrected chi connectivity index (χ3v) is 12.1. The molecule has 0 atom stereocenters. The molecule has 2 aromatic carbocycles. The number of pyridine rings is 1. The molecule has 2 aliphatic rings. The Bertz CT molecular complexity index is 2300. The minimum absolute atomic E-state index is 0.391. The van der Waals surface area contributed by atoms with Crippen LogP contribution in [0.15, 0.2) is 66.6 Å². The highest BCUT2D eigenvalue weighted by atomic mass is 32.1. The minimum atomic E-state index is -2.73. The van der Waals surface area contributed by atoms with Crippen molar-refractivity contribution in [3.8, 4) is 16.9 Å². The Morgan fingerprint density at radius 2 is 1.77 bits per heavy atom. The molecule has 2 fully saturated rings. The van der Waals surface area contributed by atoms with Gasteiger partial charge in [0.1, 0.15) is 18.7 Å². The van der Waals surface area contributed by atoms with Crippen LogP contribution in [-0.4, -0.2) is 83.6 Å². The first-order valence-electron chi connectivity index (χ1n) is 17.5. The summed E-state index contributed by atoms with van der Waals surface area (Å²) in [7, 11) is 2.82. The van der Waals surface area contributed by atoms with Gasteiger partial charge in [-0.15, -0.1) is 11.3 Å². The van der Waals surface area contributed by atoms with Crippen LogP contribution in [-0.2, 0) is 11.6 Å². The van der Waals surface area contributed by atoms with Crippen molar-refractivity contribution in [3.63, 3.8) is 0 Å². The fourth-order valence-electron chi connectivity index (χ4n) is 6.90. The number of aromatic nitrogens is 6. The molecule has 15 heteroatoms. The molecule has 0 amide bonds. The fourth-order valence-corrected chi connectivity index (χ4v) is 9.08. The molecule has 1 saturated carbocycles. The lowest BCUT2D eigenvalue weighted by Gasteiger charge is -2.37. The number of benzene rings is 2. The van der Waals surface area contributed by atoms with Gasteiger partial charge < -0.3 is 29.7 Å². The molecule has 52 heavy (non-hydrogen) atoms. The molecule has 1 saturated heterocycles. The molecule has 1 aliphatic carbocycles. The van der Waals surface area contributed by atoms with Gasteiger partial charge >= 0.3 is 0 Å². The van der Waals surface area contributed by atoms with Crippen molar-refractivity contribution >= 4 is 81.4 Å². The van der Waals surface area contributed by atoms with E-state index in [0.29, 0.717) is 23.4 Å². The van der Waals surface area contributed by atoms with Gasteiger partial charge in [0.15, 0.2) is 12.4 Å². The number of rotatable bonds is 11. The second-order valence-corrected chi connectivity index (χ2v) is 17.7. The van der Waals surface area contributed by atoms with Crippen LogP contribution in [0.3, 0.4) is 0 Å². The maximum absolute atomic E-state index is 13.8.